The van der Waals surface area contributed by atoms with Gasteiger partial charge in [0, 0.05) is 17.2 Å². The summed E-state index contributed by atoms with van der Waals surface area (Å²) in [5.74, 6) is 1.57. The lowest BCUT2D eigenvalue weighted by Gasteiger charge is -2.27. The third kappa shape index (κ3) is 3.27. The second-order valence-corrected chi connectivity index (χ2v) is 8.50. The first-order valence-electron chi connectivity index (χ1n) is 10.1. The Balaban J connectivity index is 1.31. The van der Waals surface area contributed by atoms with Gasteiger partial charge in [-0.05, 0) is 60.6 Å². The molecule has 2 unspecified atom stereocenters. The Bertz CT molecular complexity index is 988. The van der Waals surface area contributed by atoms with Crippen LogP contribution in [-0.4, -0.2) is 25.1 Å². The summed E-state index contributed by atoms with van der Waals surface area (Å²) in [7, 11) is 0. The molecule has 5 nitrogen and oxygen atoms in total. The van der Waals surface area contributed by atoms with Crippen LogP contribution in [0.2, 0.25) is 0 Å². The zero-order valence-corrected chi connectivity index (χ0v) is 17.0. The number of fused-ring (bicyclic) bond motifs is 1. The summed E-state index contributed by atoms with van der Waals surface area (Å²) in [6.07, 6.45) is 11.4. The predicted octanol–water partition coefficient (Wildman–Crippen LogP) is 4.38. The van der Waals surface area contributed by atoms with Crippen LogP contribution in [-0.2, 0) is 10.2 Å². The molecule has 1 aromatic rings. The maximum Gasteiger partial charge on any atom is 0.232 e. The van der Waals surface area contributed by atoms with E-state index in [0.717, 1.165) is 53.2 Å². The van der Waals surface area contributed by atoms with Crippen molar-refractivity contribution in [1.82, 2.24) is 5.32 Å². The fourth-order valence-corrected chi connectivity index (χ4v) is 4.51. The van der Waals surface area contributed by atoms with E-state index in [1.54, 1.807) is 0 Å². The molecule has 2 aliphatic heterocycles. The van der Waals surface area contributed by atoms with E-state index in [1.807, 2.05) is 30.5 Å². The van der Waals surface area contributed by atoms with Gasteiger partial charge in [0.05, 0.1) is 5.41 Å². The number of ether oxygens (including phenoxy) is 2. The van der Waals surface area contributed by atoms with E-state index in [4.69, 9.17) is 21.1 Å². The summed E-state index contributed by atoms with van der Waals surface area (Å²) in [4.78, 5) is 17.8. The highest BCUT2D eigenvalue weighted by Crippen LogP contribution is 2.50. The van der Waals surface area contributed by atoms with Gasteiger partial charge in [0.2, 0.25) is 12.7 Å². The van der Waals surface area contributed by atoms with Crippen LogP contribution in [0.5, 0.6) is 11.5 Å². The van der Waals surface area contributed by atoms with Crippen molar-refractivity contribution in [3.05, 3.63) is 58.2 Å². The number of amides is 1. The average Bonchev–Trinajstić information content (AvgIpc) is 3.41. The number of hydrogen-bond acceptors (Lipinski definition) is 4. The summed E-state index contributed by atoms with van der Waals surface area (Å²) >= 11 is 6.36. The fraction of sp³-hybridized carbons (Fsp3) is 0.391. The fourth-order valence-electron chi connectivity index (χ4n) is 4.22. The van der Waals surface area contributed by atoms with Crippen LogP contribution in [0, 0.1) is 5.92 Å². The lowest BCUT2D eigenvalue weighted by Crippen LogP contribution is -2.44. The van der Waals surface area contributed by atoms with Crippen molar-refractivity contribution in [2.75, 3.05) is 6.79 Å². The van der Waals surface area contributed by atoms with Crippen LogP contribution in [0.3, 0.4) is 0 Å². The van der Waals surface area contributed by atoms with E-state index in [9.17, 15) is 4.79 Å². The van der Waals surface area contributed by atoms with Crippen LogP contribution in [0.25, 0.3) is 0 Å². The van der Waals surface area contributed by atoms with E-state index in [0.29, 0.717) is 5.75 Å². The van der Waals surface area contributed by atoms with E-state index >= 15 is 0 Å². The van der Waals surface area contributed by atoms with Crippen molar-refractivity contribution in [2.45, 2.75) is 44.2 Å². The summed E-state index contributed by atoms with van der Waals surface area (Å²) < 4.78 is 10.9. The molecule has 0 bridgehead atoms. The molecule has 0 spiro atoms. The van der Waals surface area contributed by atoms with Crippen molar-refractivity contribution >= 4 is 23.7 Å². The average molecular weight is 411 g/mol. The van der Waals surface area contributed by atoms with Gasteiger partial charge in [-0.15, -0.1) is 0 Å². The first-order valence-corrected chi connectivity index (χ1v) is 10.5. The number of benzene rings is 1. The lowest BCUT2D eigenvalue weighted by atomic mass is 9.91. The molecule has 1 aromatic carbocycles. The van der Waals surface area contributed by atoms with Gasteiger partial charge in [-0.3, -0.25) is 9.79 Å². The van der Waals surface area contributed by atoms with E-state index in [-0.39, 0.29) is 24.8 Å². The Morgan fingerprint density at radius 2 is 2.10 bits per heavy atom. The summed E-state index contributed by atoms with van der Waals surface area (Å²) in [6, 6.07) is 5.79. The van der Waals surface area contributed by atoms with Crippen LogP contribution < -0.4 is 14.8 Å². The number of nitrogens with one attached hydrogen (secondary N) is 1. The highest BCUT2D eigenvalue weighted by Gasteiger charge is 2.52. The molecule has 2 heterocycles. The number of allylic oxidation sites excluding steroid dienone is 5. The summed E-state index contributed by atoms with van der Waals surface area (Å²) in [5, 5.41) is 3.94. The van der Waals surface area contributed by atoms with Gasteiger partial charge in [-0.2, -0.15) is 0 Å². The third-order valence-electron chi connectivity index (χ3n) is 6.17. The van der Waals surface area contributed by atoms with Crippen LogP contribution >= 0.6 is 11.6 Å². The molecule has 1 N–H and O–H groups in total. The maximum absolute atomic E-state index is 13.2. The number of rotatable bonds is 4. The van der Waals surface area contributed by atoms with Crippen LogP contribution in [0.1, 0.15) is 38.2 Å². The van der Waals surface area contributed by atoms with Gasteiger partial charge in [0.15, 0.2) is 11.5 Å². The molecule has 1 amide bonds. The number of aliphatic imine (C=N–C) groups is 1. The molecule has 0 saturated heterocycles. The van der Waals surface area contributed by atoms with E-state index in [2.05, 4.69) is 29.4 Å². The number of dihydropyridines is 1. The molecular formula is C23H23ClN2O3. The van der Waals surface area contributed by atoms with Gasteiger partial charge in [0.1, 0.15) is 6.17 Å². The monoisotopic (exact) mass is 410 g/mol. The minimum absolute atomic E-state index is 0.0278. The third-order valence-corrected chi connectivity index (χ3v) is 6.52. The molecule has 0 radical (unpaired) electrons. The molecule has 5 rings (SSSR count). The van der Waals surface area contributed by atoms with Gasteiger partial charge in [0.25, 0.3) is 0 Å². The van der Waals surface area contributed by atoms with Crippen molar-refractivity contribution in [2.24, 2.45) is 10.9 Å². The first-order chi connectivity index (χ1) is 14.1. The Morgan fingerprint density at radius 1 is 1.28 bits per heavy atom. The zero-order valence-electron chi connectivity index (χ0n) is 16.3. The van der Waals surface area contributed by atoms with Gasteiger partial charge >= 0.3 is 0 Å². The van der Waals surface area contributed by atoms with Gasteiger partial charge in [-0.1, -0.05) is 36.7 Å². The quantitative estimate of drug-likeness (QED) is 0.801. The van der Waals surface area contributed by atoms with Crippen molar-refractivity contribution in [3.63, 3.8) is 0 Å². The lowest BCUT2D eigenvalue weighted by molar-refractivity contribution is -0.124. The number of nitrogens with zero attached hydrogens (tertiary/aromatic N) is 1. The predicted molar refractivity (Wildman–Crippen MR) is 112 cm³/mol. The van der Waals surface area contributed by atoms with E-state index in [1.165, 1.54) is 0 Å². The second kappa shape index (κ2) is 7.06. The minimum Gasteiger partial charge on any atom is -0.454 e. The first kappa shape index (κ1) is 18.5. The Hall–Kier alpha value is -2.53. The molecular weight excluding hydrogens is 388 g/mol. The molecule has 6 heteroatoms. The number of carbonyl (C=O) groups excluding carboxylic acids is 1. The maximum atomic E-state index is 13.2. The van der Waals surface area contributed by atoms with Gasteiger partial charge < -0.3 is 14.8 Å². The van der Waals surface area contributed by atoms with Crippen molar-refractivity contribution in [3.8, 4) is 11.5 Å². The van der Waals surface area contributed by atoms with Gasteiger partial charge in [-0.25, -0.2) is 0 Å². The van der Waals surface area contributed by atoms with Crippen LogP contribution in [0.15, 0.2) is 57.6 Å². The molecule has 150 valence electrons. The number of halogens is 1. The largest absolute Gasteiger partial charge is 0.454 e. The standard InChI is InChI=1S/C23H23ClN2O3/c1-14-10-15(17-4-2-3-5-18(17)24)12-25-21(14)26-22(27)23(8-9-23)16-6-7-19-20(11-16)29-13-28-19/h3,5-7,10-12,14,21H,2,4,8-9,13H2,1H3,(H,26,27). The Kier molecular flexibility index (Phi) is 4.50. The highest BCUT2D eigenvalue weighted by atomic mass is 35.5. The minimum atomic E-state index is -0.486. The summed E-state index contributed by atoms with van der Waals surface area (Å²) in [5.41, 5.74) is 2.69. The van der Waals surface area contributed by atoms with E-state index < -0.39 is 5.41 Å². The normalized spacial score (nSPS) is 26.3. The van der Waals surface area contributed by atoms with Crippen molar-refractivity contribution < 1.29 is 14.3 Å². The number of carbonyl (C=O) groups is 1. The zero-order chi connectivity index (χ0) is 20.0. The molecule has 1 saturated carbocycles. The second-order valence-electron chi connectivity index (χ2n) is 8.10. The molecule has 4 aliphatic rings. The number of hydrogen-bond donors (Lipinski definition) is 1. The topological polar surface area (TPSA) is 59.9 Å². The Labute approximate surface area is 175 Å². The highest BCUT2D eigenvalue weighted by molar-refractivity contribution is 6.32. The molecule has 29 heavy (non-hydrogen) atoms. The molecule has 2 aliphatic carbocycles. The summed E-state index contributed by atoms with van der Waals surface area (Å²) in [6.45, 7) is 2.31. The molecule has 2 atom stereocenters. The Morgan fingerprint density at radius 3 is 2.86 bits per heavy atom. The molecule has 0 aromatic heterocycles. The smallest absolute Gasteiger partial charge is 0.232 e. The SMILES string of the molecule is CC1C=C(C2=C(Cl)C=CCC2)C=NC1NC(=O)C1(c2ccc3c(c2)OCO3)CC1. The van der Waals surface area contributed by atoms with Crippen molar-refractivity contribution in [1.29, 1.82) is 0 Å². The van der Waals surface area contributed by atoms with Crippen LogP contribution in [0.4, 0.5) is 0 Å². The molecule has 1 fully saturated rings.